The van der Waals surface area contributed by atoms with Gasteiger partial charge in [0.05, 0.1) is 18.6 Å². The zero-order chi connectivity index (χ0) is 7.83. The van der Waals surface area contributed by atoms with Crippen LogP contribution >= 0.6 is 0 Å². The molecule has 0 amide bonds. The largest absolute Gasteiger partial charge is 0.380 e. The molecule has 0 atom stereocenters. The second-order valence-electron chi connectivity index (χ2n) is 2.87. The Kier molecular flexibility index (Phi) is 1.68. The Morgan fingerprint density at radius 1 is 1.60 bits per heavy atom. The minimum atomic E-state index is -2.71. The van der Waals surface area contributed by atoms with E-state index in [0.717, 1.165) is 6.92 Å². The second kappa shape index (κ2) is 2.13. The molecule has 0 saturated carbocycles. The lowest BCUT2D eigenvalue weighted by atomic mass is 9.80. The van der Waals surface area contributed by atoms with E-state index in [-0.39, 0.29) is 19.8 Å². The summed E-state index contributed by atoms with van der Waals surface area (Å²) in [6, 6.07) is 0. The summed E-state index contributed by atoms with van der Waals surface area (Å²) < 4.78 is 30.0. The summed E-state index contributed by atoms with van der Waals surface area (Å²) in [6.45, 7) is 1.07. The van der Waals surface area contributed by atoms with Gasteiger partial charge in [0.15, 0.2) is 0 Å². The molecule has 4 heteroatoms. The molecule has 2 N–H and O–H groups in total. The first kappa shape index (κ1) is 7.88. The van der Waals surface area contributed by atoms with Crippen molar-refractivity contribution in [3.8, 4) is 0 Å². The molecule has 1 aliphatic heterocycles. The first-order chi connectivity index (χ1) is 4.52. The molecule has 1 heterocycles. The maximum atomic E-state index is 12.7. The topological polar surface area (TPSA) is 35.2 Å². The van der Waals surface area contributed by atoms with Crippen LogP contribution in [0.4, 0.5) is 8.78 Å². The third-order valence-electron chi connectivity index (χ3n) is 2.08. The van der Waals surface area contributed by atoms with Gasteiger partial charge in [0.2, 0.25) is 0 Å². The molecule has 10 heavy (non-hydrogen) atoms. The van der Waals surface area contributed by atoms with Crippen LogP contribution in [0.3, 0.4) is 0 Å². The fraction of sp³-hybridized carbons (Fsp3) is 1.00. The quantitative estimate of drug-likeness (QED) is 0.627. The Morgan fingerprint density at radius 2 is 2.10 bits per heavy atom. The predicted octanol–water partition coefficient (Wildman–Crippen LogP) is 0.617. The molecule has 60 valence electrons. The van der Waals surface area contributed by atoms with Gasteiger partial charge in [-0.3, -0.25) is 0 Å². The predicted molar refractivity (Wildman–Crippen MR) is 32.9 cm³/mol. The van der Waals surface area contributed by atoms with Crippen LogP contribution in [0.15, 0.2) is 0 Å². The molecule has 0 spiro atoms. The first-order valence-corrected chi connectivity index (χ1v) is 3.17. The van der Waals surface area contributed by atoms with Gasteiger partial charge in [-0.05, 0) is 0 Å². The van der Waals surface area contributed by atoms with Crippen molar-refractivity contribution in [3.05, 3.63) is 0 Å². The Bertz CT molecular complexity index is 123. The number of rotatable bonds is 2. The van der Waals surface area contributed by atoms with Crippen LogP contribution in [0, 0.1) is 5.41 Å². The average Bonchev–Trinajstić information content (AvgIpc) is 1.58. The van der Waals surface area contributed by atoms with E-state index in [4.69, 9.17) is 10.5 Å². The molecule has 2 nitrogen and oxygen atoms in total. The van der Waals surface area contributed by atoms with Gasteiger partial charge in [-0.15, -0.1) is 0 Å². The lowest BCUT2D eigenvalue weighted by Crippen LogP contribution is -2.58. The number of ether oxygens (including phenoxy) is 1. The Morgan fingerprint density at radius 3 is 2.10 bits per heavy atom. The van der Waals surface area contributed by atoms with Crippen LogP contribution in [0.1, 0.15) is 6.92 Å². The van der Waals surface area contributed by atoms with Gasteiger partial charge in [-0.1, -0.05) is 0 Å². The summed E-state index contributed by atoms with van der Waals surface area (Å²) in [5.74, 6) is -2.71. The number of alkyl halides is 2. The van der Waals surface area contributed by atoms with Crippen molar-refractivity contribution in [2.45, 2.75) is 12.8 Å². The molecule has 0 aliphatic carbocycles. The van der Waals surface area contributed by atoms with E-state index in [1.165, 1.54) is 0 Å². The number of hydrogen-bond acceptors (Lipinski definition) is 2. The zero-order valence-corrected chi connectivity index (χ0v) is 5.86. The van der Waals surface area contributed by atoms with E-state index >= 15 is 0 Å². The third-order valence-corrected chi connectivity index (χ3v) is 2.08. The number of nitrogens with two attached hydrogens (primary N) is 1. The molecule has 0 aromatic heterocycles. The summed E-state index contributed by atoms with van der Waals surface area (Å²) in [6.07, 6.45) is 0. The standard InChI is InChI=1S/C6H11F2NO/c1-5(7,8)6(2-9)3-10-4-6/h2-4,9H2,1H3. The van der Waals surface area contributed by atoms with Crippen LogP contribution in [0.2, 0.25) is 0 Å². The van der Waals surface area contributed by atoms with Gasteiger partial charge in [-0.25, -0.2) is 8.78 Å². The third kappa shape index (κ3) is 0.914. The fourth-order valence-electron chi connectivity index (χ4n) is 0.899. The van der Waals surface area contributed by atoms with Crippen molar-refractivity contribution in [2.75, 3.05) is 19.8 Å². The van der Waals surface area contributed by atoms with E-state index in [1.54, 1.807) is 0 Å². The van der Waals surface area contributed by atoms with E-state index in [1.807, 2.05) is 0 Å². The summed E-state index contributed by atoms with van der Waals surface area (Å²) in [7, 11) is 0. The van der Waals surface area contributed by atoms with E-state index in [2.05, 4.69) is 0 Å². The molecule has 0 bridgehead atoms. The van der Waals surface area contributed by atoms with E-state index < -0.39 is 11.3 Å². The normalized spacial score (nSPS) is 24.0. The van der Waals surface area contributed by atoms with Crippen molar-refractivity contribution < 1.29 is 13.5 Å². The monoisotopic (exact) mass is 151 g/mol. The minimum Gasteiger partial charge on any atom is -0.380 e. The van der Waals surface area contributed by atoms with Gasteiger partial charge in [0, 0.05) is 13.5 Å². The molecular formula is C6H11F2NO. The highest BCUT2D eigenvalue weighted by Gasteiger charge is 2.54. The Hall–Kier alpha value is -0.220. The highest BCUT2D eigenvalue weighted by atomic mass is 19.3. The van der Waals surface area contributed by atoms with Crippen molar-refractivity contribution in [2.24, 2.45) is 11.1 Å². The van der Waals surface area contributed by atoms with Crippen LogP contribution in [0.5, 0.6) is 0 Å². The van der Waals surface area contributed by atoms with Gasteiger partial charge in [0.1, 0.15) is 0 Å². The molecule has 0 radical (unpaired) electrons. The molecule has 1 rings (SSSR count). The highest BCUT2D eigenvalue weighted by Crippen LogP contribution is 2.41. The van der Waals surface area contributed by atoms with E-state index in [0.29, 0.717) is 0 Å². The van der Waals surface area contributed by atoms with Gasteiger partial charge in [0.25, 0.3) is 5.92 Å². The molecule has 1 saturated heterocycles. The molecule has 0 aromatic carbocycles. The van der Waals surface area contributed by atoms with Crippen LogP contribution in [-0.2, 0) is 4.74 Å². The number of halogens is 2. The van der Waals surface area contributed by atoms with Crippen molar-refractivity contribution in [1.29, 1.82) is 0 Å². The lowest BCUT2D eigenvalue weighted by Gasteiger charge is -2.44. The molecular weight excluding hydrogens is 140 g/mol. The summed E-state index contributed by atoms with van der Waals surface area (Å²) in [5.41, 5.74) is 4.12. The van der Waals surface area contributed by atoms with Crippen molar-refractivity contribution in [3.63, 3.8) is 0 Å². The Labute approximate surface area is 58.3 Å². The molecule has 1 aliphatic rings. The van der Waals surface area contributed by atoms with Gasteiger partial charge < -0.3 is 10.5 Å². The van der Waals surface area contributed by atoms with E-state index in [9.17, 15) is 8.78 Å². The molecule has 1 fully saturated rings. The van der Waals surface area contributed by atoms with Crippen LogP contribution < -0.4 is 5.73 Å². The Balaban J connectivity index is 2.65. The van der Waals surface area contributed by atoms with Gasteiger partial charge >= 0.3 is 0 Å². The summed E-state index contributed by atoms with van der Waals surface area (Å²) in [5, 5.41) is 0. The summed E-state index contributed by atoms with van der Waals surface area (Å²) >= 11 is 0. The minimum absolute atomic E-state index is 0.00347. The average molecular weight is 151 g/mol. The maximum absolute atomic E-state index is 12.7. The fourth-order valence-corrected chi connectivity index (χ4v) is 0.899. The molecule has 0 aromatic rings. The maximum Gasteiger partial charge on any atom is 0.256 e. The van der Waals surface area contributed by atoms with Crippen LogP contribution in [-0.4, -0.2) is 25.7 Å². The SMILES string of the molecule is CC(F)(F)C1(CN)COC1. The summed E-state index contributed by atoms with van der Waals surface area (Å²) in [4.78, 5) is 0. The van der Waals surface area contributed by atoms with Crippen molar-refractivity contribution in [1.82, 2.24) is 0 Å². The highest BCUT2D eigenvalue weighted by molar-refractivity contribution is 4.95. The zero-order valence-electron chi connectivity index (χ0n) is 5.86. The van der Waals surface area contributed by atoms with Gasteiger partial charge in [-0.2, -0.15) is 0 Å². The number of hydrogen-bond donors (Lipinski definition) is 1. The smallest absolute Gasteiger partial charge is 0.256 e. The van der Waals surface area contributed by atoms with Crippen molar-refractivity contribution >= 4 is 0 Å². The molecule has 0 unspecified atom stereocenters. The van der Waals surface area contributed by atoms with Crippen LogP contribution in [0.25, 0.3) is 0 Å². The second-order valence-corrected chi connectivity index (χ2v) is 2.87. The first-order valence-electron chi connectivity index (χ1n) is 3.17. The lowest BCUT2D eigenvalue weighted by molar-refractivity contribution is -0.229.